The second-order valence-corrected chi connectivity index (χ2v) is 5.52. The van der Waals surface area contributed by atoms with Crippen molar-refractivity contribution in [3.05, 3.63) is 52.0 Å². The van der Waals surface area contributed by atoms with Gasteiger partial charge >= 0.3 is 0 Å². The maximum Gasteiger partial charge on any atom is 0.231 e. The summed E-state index contributed by atoms with van der Waals surface area (Å²) < 4.78 is 16.9. The van der Waals surface area contributed by atoms with Gasteiger partial charge in [0.1, 0.15) is 5.75 Å². The molecule has 0 amide bonds. The Hall–Kier alpha value is -1.72. The lowest BCUT2D eigenvalue weighted by molar-refractivity contribution is 0.173. The minimum absolute atomic E-state index is 0.288. The van der Waals surface area contributed by atoms with Gasteiger partial charge in [0.25, 0.3) is 0 Å². The van der Waals surface area contributed by atoms with Gasteiger partial charge < -0.3 is 19.5 Å². The van der Waals surface area contributed by atoms with Gasteiger partial charge in [-0.15, -0.1) is 0 Å². The van der Waals surface area contributed by atoms with E-state index in [4.69, 9.17) is 14.2 Å². The molecule has 5 heteroatoms. The molecule has 0 atom stereocenters. The van der Waals surface area contributed by atoms with Crippen LogP contribution in [0.1, 0.15) is 11.1 Å². The SMILES string of the molecule is COc1ccc(CNCc2ccc3c(c2Br)OCO3)cc1. The zero-order valence-electron chi connectivity index (χ0n) is 11.7. The van der Waals surface area contributed by atoms with Crippen LogP contribution in [0.15, 0.2) is 40.9 Å². The molecule has 0 spiro atoms. The number of methoxy groups -OCH3 is 1. The van der Waals surface area contributed by atoms with E-state index >= 15 is 0 Å². The van der Waals surface area contributed by atoms with E-state index in [2.05, 4.69) is 33.4 Å². The number of benzene rings is 2. The average molecular weight is 350 g/mol. The van der Waals surface area contributed by atoms with E-state index in [1.54, 1.807) is 7.11 Å². The number of hydrogen-bond donors (Lipinski definition) is 1. The Kier molecular flexibility index (Phi) is 4.31. The van der Waals surface area contributed by atoms with Crippen LogP contribution in [-0.4, -0.2) is 13.9 Å². The second kappa shape index (κ2) is 6.37. The number of fused-ring (bicyclic) bond motifs is 1. The van der Waals surface area contributed by atoms with Gasteiger partial charge in [0.15, 0.2) is 11.5 Å². The van der Waals surface area contributed by atoms with Crippen LogP contribution in [0.4, 0.5) is 0 Å². The molecule has 4 nitrogen and oxygen atoms in total. The lowest BCUT2D eigenvalue weighted by atomic mass is 10.2. The van der Waals surface area contributed by atoms with Crippen molar-refractivity contribution in [2.45, 2.75) is 13.1 Å². The summed E-state index contributed by atoms with van der Waals surface area (Å²) in [5, 5.41) is 3.42. The lowest BCUT2D eigenvalue weighted by Gasteiger charge is -2.09. The van der Waals surface area contributed by atoms with Gasteiger partial charge in [-0.05, 0) is 45.3 Å². The summed E-state index contributed by atoms with van der Waals surface area (Å²) >= 11 is 3.58. The quantitative estimate of drug-likeness (QED) is 0.896. The normalized spacial score (nSPS) is 12.5. The fraction of sp³-hybridized carbons (Fsp3) is 0.250. The molecular formula is C16H16BrNO3. The molecule has 0 fully saturated rings. The molecule has 0 radical (unpaired) electrons. The Morgan fingerprint density at radius 2 is 1.90 bits per heavy atom. The van der Waals surface area contributed by atoms with Crippen LogP contribution in [-0.2, 0) is 13.1 Å². The van der Waals surface area contributed by atoms with Crippen molar-refractivity contribution in [2.75, 3.05) is 13.9 Å². The standard InChI is InChI=1S/C16H16BrNO3/c1-19-13-5-2-11(3-6-13)8-18-9-12-4-7-14-16(15(12)17)21-10-20-14/h2-7,18H,8-10H2,1H3. The Morgan fingerprint density at radius 3 is 2.67 bits per heavy atom. The van der Waals surface area contributed by atoms with Gasteiger partial charge in [-0.2, -0.15) is 0 Å². The van der Waals surface area contributed by atoms with E-state index in [0.29, 0.717) is 0 Å². The summed E-state index contributed by atoms with van der Waals surface area (Å²) in [4.78, 5) is 0. The molecule has 0 unspecified atom stereocenters. The molecule has 3 rings (SSSR count). The van der Waals surface area contributed by atoms with Gasteiger partial charge in [-0.3, -0.25) is 0 Å². The summed E-state index contributed by atoms with van der Waals surface area (Å²) in [6, 6.07) is 12.0. The number of nitrogens with one attached hydrogen (secondary N) is 1. The third kappa shape index (κ3) is 3.14. The second-order valence-electron chi connectivity index (χ2n) is 4.72. The van der Waals surface area contributed by atoms with E-state index in [9.17, 15) is 0 Å². The average Bonchev–Trinajstić information content (AvgIpc) is 3.00. The predicted octanol–water partition coefficient (Wildman–Crippen LogP) is 3.48. The molecule has 2 aromatic rings. The minimum Gasteiger partial charge on any atom is -0.497 e. The van der Waals surface area contributed by atoms with Crippen LogP contribution in [0.2, 0.25) is 0 Å². The van der Waals surface area contributed by atoms with Gasteiger partial charge in [0, 0.05) is 13.1 Å². The fourth-order valence-electron chi connectivity index (χ4n) is 2.20. The van der Waals surface area contributed by atoms with Crippen LogP contribution in [0, 0.1) is 0 Å². The first-order valence-electron chi connectivity index (χ1n) is 6.68. The molecule has 0 saturated heterocycles. The summed E-state index contributed by atoms with van der Waals surface area (Å²) in [6.45, 7) is 1.84. The third-order valence-electron chi connectivity index (χ3n) is 3.36. The van der Waals surface area contributed by atoms with Crippen LogP contribution in [0.5, 0.6) is 17.2 Å². The number of rotatable bonds is 5. The molecule has 0 saturated carbocycles. The summed E-state index contributed by atoms with van der Waals surface area (Å²) in [7, 11) is 1.67. The maximum atomic E-state index is 5.45. The smallest absolute Gasteiger partial charge is 0.231 e. The number of ether oxygens (including phenoxy) is 3. The summed E-state index contributed by atoms with van der Waals surface area (Å²) in [5.41, 5.74) is 2.36. The van der Waals surface area contributed by atoms with Crippen LogP contribution < -0.4 is 19.5 Å². The van der Waals surface area contributed by atoms with Gasteiger partial charge in [-0.1, -0.05) is 18.2 Å². The molecule has 21 heavy (non-hydrogen) atoms. The number of hydrogen-bond acceptors (Lipinski definition) is 4. The Labute approximate surface area is 132 Å². The molecule has 0 aromatic heterocycles. The van der Waals surface area contributed by atoms with E-state index in [1.165, 1.54) is 5.56 Å². The highest BCUT2D eigenvalue weighted by molar-refractivity contribution is 9.10. The summed E-state index contributed by atoms with van der Waals surface area (Å²) in [5.74, 6) is 2.46. The van der Waals surface area contributed by atoms with Gasteiger partial charge in [0.05, 0.1) is 11.6 Å². The van der Waals surface area contributed by atoms with Gasteiger partial charge in [0.2, 0.25) is 6.79 Å². The molecule has 1 heterocycles. The van der Waals surface area contributed by atoms with Crippen molar-refractivity contribution in [2.24, 2.45) is 0 Å². The Bertz CT molecular complexity index is 628. The summed E-state index contributed by atoms with van der Waals surface area (Å²) in [6.07, 6.45) is 0. The van der Waals surface area contributed by atoms with Crippen molar-refractivity contribution in [3.63, 3.8) is 0 Å². The largest absolute Gasteiger partial charge is 0.497 e. The molecule has 2 aromatic carbocycles. The first-order valence-corrected chi connectivity index (χ1v) is 7.48. The molecule has 1 N–H and O–H groups in total. The van der Waals surface area contributed by atoms with E-state index in [-0.39, 0.29) is 6.79 Å². The predicted molar refractivity (Wildman–Crippen MR) is 83.8 cm³/mol. The molecule has 0 aliphatic carbocycles. The van der Waals surface area contributed by atoms with E-state index in [1.807, 2.05) is 24.3 Å². The van der Waals surface area contributed by atoms with E-state index in [0.717, 1.165) is 40.4 Å². The Morgan fingerprint density at radius 1 is 1.10 bits per heavy atom. The molecule has 0 bridgehead atoms. The minimum atomic E-state index is 0.288. The molecular weight excluding hydrogens is 334 g/mol. The highest BCUT2D eigenvalue weighted by Crippen LogP contribution is 2.40. The maximum absolute atomic E-state index is 5.45. The molecule has 1 aliphatic heterocycles. The number of halogens is 1. The Balaban J connectivity index is 1.60. The van der Waals surface area contributed by atoms with Crippen molar-refractivity contribution >= 4 is 15.9 Å². The van der Waals surface area contributed by atoms with Crippen LogP contribution >= 0.6 is 15.9 Å². The first kappa shape index (κ1) is 14.2. The molecule has 1 aliphatic rings. The van der Waals surface area contributed by atoms with Crippen molar-refractivity contribution in [1.29, 1.82) is 0 Å². The highest BCUT2D eigenvalue weighted by Gasteiger charge is 2.18. The van der Waals surface area contributed by atoms with Gasteiger partial charge in [-0.25, -0.2) is 0 Å². The van der Waals surface area contributed by atoms with Crippen LogP contribution in [0.25, 0.3) is 0 Å². The lowest BCUT2D eigenvalue weighted by Crippen LogP contribution is -2.13. The topological polar surface area (TPSA) is 39.7 Å². The van der Waals surface area contributed by atoms with E-state index < -0.39 is 0 Å². The molecule has 110 valence electrons. The van der Waals surface area contributed by atoms with Crippen molar-refractivity contribution < 1.29 is 14.2 Å². The van der Waals surface area contributed by atoms with Crippen molar-refractivity contribution in [1.82, 2.24) is 5.32 Å². The zero-order valence-corrected chi connectivity index (χ0v) is 13.3. The third-order valence-corrected chi connectivity index (χ3v) is 4.23. The highest BCUT2D eigenvalue weighted by atomic mass is 79.9. The fourth-order valence-corrected chi connectivity index (χ4v) is 2.78. The first-order chi connectivity index (χ1) is 10.3. The monoisotopic (exact) mass is 349 g/mol. The van der Waals surface area contributed by atoms with Crippen LogP contribution in [0.3, 0.4) is 0 Å². The zero-order chi connectivity index (χ0) is 14.7. The van der Waals surface area contributed by atoms with Crippen molar-refractivity contribution in [3.8, 4) is 17.2 Å².